The van der Waals surface area contributed by atoms with Crippen LogP contribution in [-0.2, 0) is 23.8 Å². The summed E-state index contributed by atoms with van der Waals surface area (Å²) in [6.07, 6.45) is -3.56. The first kappa shape index (κ1) is 19.7. The fraction of sp³-hybridized carbons (Fsp3) is 0.158. The van der Waals surface area contributed by atoms with Crippen molar-refractivity contribution in [1.82, 2.24) is 9.97 Å². The van der Waals surface area contributed by atoms with E-state index < -0.39 is 11.7 Å². The van der Waals surface area contributed by atoms with Crippen LogP contribution in [0.3, 0.4) is 0 Å². The average molecular weight is 405 g/mol. The number of halogens is 3. The number of rotatable bonds is 6. The molecular weight excluding hydrogens is 391 g/mol. The molecule has 2 aromatic heterocycles. The predicted octanol–water partition coefficient (Wildman–Crippen LogP) is 4.16. The van der Waals surface area contributed by atoms with E-state index in [0.717, 1.165) is 18.3 Å². The molecule has 1 aromatic carbocycles. The number of Topliss-reactive ketones (excluding diaryl/α,β-unsaturated/α-hetero) is 1. The topological polar surface area (TPSA) is 72.0 Å². The van der Waals surface area contributed by atoms with Crippen LogP contribution in [0.4, 0.5) is 18.9 Å². The monoisotopic (exact) mass is 405 g/mol. The highest BCUT2D eigenvalue weighted by atomic mass is 32.1. The Bertz CT molecular complexity index is 971. The number of carbonyl (C=O) groups excluding carboxylic acids is 2. The Kier molecular flexibility index (Phi) is 5.84. The van der Waals surface area contributed by atoms with Crippen molar-refractivity contribution >= 4 is 28.7 Å². The molecule has 2 heterocycles. The number of thiazole rings is 1. The molecule has 0 unspecified atom stereocenters. The Hall–Kier alpha value is -3.07. The van der Waals surface area contributed by atoms with Gasteiger partial charge in [0.05, 0.1) is 11.1 Å². The van der Waals surface area contributed by atoms with Crippen LogP contribution >= 0.6 is 11.3 Å². The molecular formula is C19H14F3N3O2S. The maximum atomic E-state index is 12.7. The van der Waals surface area contributed by atoms with Crippen molar-refractivity contribution in [2.24, 2.45) is 0 Å². The first-order chi connectivity index (χ1) is 13.3. The van der Waals surface area contributed by atoms with Gasteiger partial charge in [0.15, 0.2) is 0 Å². The summed E-state index contributed by atoms with van der Waals surface area (Å²) in [4.78, 5) is 31.8. The number of ketones is 1. The molecule has 144 valence electrons. The summed E-state index contributed by atoms with van der Waals surface area (Å²) in [5.41, 5.74) is 2.36. The summed E-state index contributed by atoms with van der Waals surface area (Å²) < 4.78 is 38.2. The number of pyridine rings is 1. The molecule has 3 rings (SSSR count). The highest BCUT2D eigenvalue weighted by Crippen LogP contribution is 2.29. The molecule has 9 heteroatoms. The summed E-state index contributed by atoms with van der Waals surface area (Å²) in [6, 6.07) is 8.40. The van der Waals surface area contributed by atoms with Crippen LogP contribution in [-0.4, -0.2) is 21.7 Å². The second-order valence-corrected chi connectivity index (χ2v) is 6.67. The lowest BCUT2D eigenvalue weighted by Gasteiger charge is -2.08. The Morgan fingerprint density at radius 1 is 1.04 bits per heavy atom. The van der Waals surface area contributed by atoms with Gasteiger partial charge in [-0.05, 0) is 29.8 Å². The van der Waals surface area contributed by atoms with E-state index in [1.54, 1.807) is 35.2 Å². The molecule has 28 heavy (non-hydrogen) atoms. The van der Waals surface area contributed by atoms with Crippen LogP contribution in [0.2, 0.25) is 0 Å². The second-order valence-electron chi connectivity index (χ2n) is 5.95. The molecule has 0 saturated carbocycles. The quantitative estimate of drug-likeness (QED) is 0.668. The average Bonchev–Trinajstić information content (AvgIpc) is 3.18. The van der Waals surface area contributed by atoms with Gasteiger partial charge in [0, 0.05) is 35.8 Å². The van der Waals surface area contributed by atoms with E-state index in [2.05, 4.69) is 15.3 Å². The zero-order chi connectivity index (χ0) is 20.1. The number of nitrogens with one attached hydrogen (secondary N) is 1. The van der Waals surface area contributed by atoms with E-state index in [4.69, 9.17) is 0 Å². The van der Waals surface area contributed by atoms with Crippen molar-refractivity contribution in [3.05, 3.63) is 76.0 Å². The van der Waals surface area contributed by atoms with Crippen molar-refractivity contribution in [2.45, 2.75) is 19.0 Å². The molecule has 0 spiro atoms. The maximum Gasteiger partial charge on any atom is 0.416 e. The number of aromatic nitrogens is 2. The molecule has 0 saturated heterocycles. The van der Waals surface area contributed by atoms with Crippen LogP contribution in [0.1, 0.15) is 27.3 Å². The minimum Gasteiger partial charge on any atom is -0.321 e. The first-order valence-electron chi connectivity index (χ1n) is 8.13. The van der Waals surface area contributed by atoms with Crippen LogP contribution in [0, 0.1) is 0 Å². The van der Waals surface area contributed by atoms with Crippen LogP contribution in [0.5, 0.6) is 0 Å². The van der Waals surface area contributed by atoms with Crippen molar-refractivity contribution in [3.63, 3.8) is 0 Å². The molecule has 1 N–H and O–H groups in total. The lowest BCUT2D eigenvalue weighted by atomic mass is 10.0. The van der Waals surface area contributed by atoms with E-state index in [-0.39, 0.29) is 30.2 Å². The first-order valence-corrected chi connectivity index (χ1v) is 9.08. The van der Waals surface area contributed by atoms with E-state index in [9.17, 15) is 22.8 Å². The number of benzene rings is 1. The van der Waals surface area contributed by atoms with E-state index >= 15 is 0 Å². The lowest BCUT2D eigenvalue weighted by Crippen LogP contribution is -2.12. The summed E-state index contributed by atoms with van der Waals surface area (Å²) in [5, 5.41) is 4.32. The van der Waals surface area contributed by atoms with Crippen molar-refractivity contribution in [3.8, 4) is 0 Å². The number of nitrogens with zero attached hydrogens (tertiary/aromatic N) is 2. The fourth-order valence-electron chi connectivity index (χ4n) is 2.47. The van der Waals surface area contributed by atoms with Crippen LogP contribution in [0.15, 0.2) is 53.5 Å². The number of alkyl halides is 3. The number of hydrogen-bond donors (Lipinski definition) is 1. The summed E-state index contributed by atoms with van der Waals surface area (Å²) in [5.74, 6) is -0.591. The van der Waals surface area contributed by atoms with E-state index in [1.165, 1.54) is 11.3 Å². The van der Waals surface area contributed by atoms with E-state index in [1.807, 2.05) is 0 Å². The highest BCUT2D eigenvalue weighted by molar-refractivity contribution is 7.07. The molecule has 0 radical (unpaired) electrons. The predicted molar refractivity (Wildman–Crippen MR) is 98.2 cm³/mol. The van der Waals surface area contributed by atoms with Gasteiger partial charge in [-0.3, -0.25) is 14.6 Å². The Morgan fingerprint density at radius 3 is 2.43 bits per heavy atom. The highest BCUT2D eigenvalue weighted by Gasteiger charge is 2.30. The van der Waals surface area contributed by atoms with Gasteiger partial charge in [-0.15, -0.1) is 11.3 Å². The molecule has 0 bridgehead atoms. The fourth-order valence-corrected chi connectivity index (χ4v) is 3.00. The minimum absolute atomic E-state index is 0.0538. The third-order valence-electron chi connectivity index (χ3n) is 3.80. The van der Waals surface area contributed by atoms with Crippen molar-refractivity contribution in [2.75, 3.05) is 5.32 Å². The molecule has 0 aliphatic carbocycles. The number of hydrogen-bond acceptors (Lipinski definition) is 5. The van der Waals surface area contributed by atoms with Crippen LogP contribution < -0.4 is 5.32 Å². The standard InChI is InChI=1S/C19H14F3N3O2S/c20-19(21,22)13-5-6-23-15(8-13)9-16(26)7-12-1-3-14(4-2-12)25-18(27)17-10-28-11-24-17/h1-6,8,10-11H,7,9H2,(H,25,27). The number of amides is 1. The Morgan fingerprint density at radius 2 is 1.79 bits per heavy atom. The van der Waals surface area contributed by atoms with Gasteiger partial charge in [0.25, 0.3) is 5.91 Å². The van der Waals surface area contributed by atoms with Gasteiger partial charge in [-0.25, -0.2) is 4.98 Å². The van der Waals surface area contributed by atoms with Gasteiger partial charge in [0.1, 0.15) is 11.5 Å². The summed E-state index contributed by atoms with van der Waals surface area (Å²) in [6.45, 7) is 0. The van der Waals surface area contributed by atoms with Crippen LogP contribution in [0.25, 0.3) is 0 Å². The zero-order valence-electron chi connectivity index (χ0n) is 14.4. The maximum absolute atomic E-state index is 12.7. The Labute approximate surface area is 162 Å². The summed E-state index contributed by atoms with van der Waals surface area (Å²) >= 11 is 1.31. The zero-order valence-corrected chi connectivity index (χ0v) is 15.2. The van der Waals surface area contributed by atoms with Gasteiger partial charge in [-0.1, -0.05) is 12.1 Å². The van der Waals surface area contributed by atoms with Crippen molar-refractivity contribution in [1.29, 1.82) is 0 Å². The number of anilines is 1. The smallest absolute Gasteiger partial charge is 0.321 e. The number of carbonyl (C=O) groups is 2. The lowest BCUT2D eigenvalue weighted by molar-refractivity contribution is -0.137. The summed E-state index contributed by atoms with van der Waals surface area (Å²) in [7, 11) is 0. The normalized spacial score (nSPS) is 11.2. The van der Waals surface area contributed by atoms with E-state index in [0.29, 0.717) is 16.9 Å². The molecule has 0 aliphatic heterocycles. The minimum atomic E-state index is -4.47. The largest absolute Gasteiger partial charge is 0.416 e. The van der Waals surface area contributed by atoms with Gasteiger partial charge < -0.3 is 5.32 Å². The molecule has 3 aromatic rings. The van der Waals surface area contributed by atoms with Crippen molar-refractivity contribution < 1.29 is 22.8 Å². The SMILES string of the molecule is O=C(Cc1ccc(NC(=O)c2cscn2)cc1)Cc1cc(C(F)(F)F)ccn1. The third-order valence-corrected chi connectivity index (χ3v) is 4.39. The molecule has 5 nitrogen and oxygen atoms in total. The molecule has 0 aliphatic rings. The molecule has 0 atom stereocenters. The Balaban J connectivity index is 1.58. The molecule has 0 fully saturated rings. The third kappa shape index (κ3) is 5.23. The van der Waals surface area contributed by atoms with Gasteiger partial charge in [-0.2, -0.15) is 13.2 Å². The second kappa shape index (κ2) is 8.30. The van der Waals surface area contributed by atoms with Gasteiger partial charge >= 0.3 is 6.18 Å². The molecule has 1 amide bonds. The van der Waals surface area contributed by atoms with Gasteiger partial charge in [0.2, 0.25) is 0 Å².